The van der Waals surface area contributed by atoms with E-state index in [2.05, 4.69) is 211 Å². The lowest BCUT2D eigenvalue weighted by atomic mass is 9.93. The van der Waals surface area contributed by atoms with Gasteiger partial charge < -0.3 is 4.57 Å². The summed E-state index contributed by atoms with van der Waals surface area (Å²) in [4.78, 5) is 7.24. The first-order chi connectivity index (χ1) is 28.1. The predicted octanol–water partition coefficient (Wildman–Crippen LogP) is 12.6. The van der Waals surface area contributed by atoms with Crippen LogP contribution in [0.15, 0.2) is 193 Å². The quantitative estimate of drug-likeness (QED) is 0.174. The molecule has 1 aromatic heterocycles. The molecule has 0 spiro atoms. The van der Waals surface area contributed by atoms with Gasteiger partial charge in [0.15, 0.2) is 5.70 Å². The summed E-state index contributed by atoms with van der Waals surface area (Å²) in [5, 5.41) is 4.73. The van der Waals surface area contributed by atoms with Crippen LogP contribution in [0.5, 0.6) is 0 Å². The van der Waals surface area contributed by atoms with Gasteiger partial charge in [-0.2, -0.15) is 4.99 Å². The third-order valence-corrected chi connectivity index (χ3v) is 11.6. The molecule has 2 atom stereocenters. The Morgan fingerprint density at radius 1 is 0.544 bits per heavy atom. The molecule has 276 valence electrons. The largest absolute Gasteiger partial charge is 0.316 e. The molecule has 6 aromatic carbocycles. The van der Waals surface area contributed by atoms with Gasteiger partial charge in [-0.15, -0.1) is 0 Å². The van der Waals surface area contributed by atoms with E-state index in [9.17, 15) is 0 Å². The van der Waals surface area contributed by atoms with Crippen LogP contribution >= 0.6 is 0 Å². The van der Waals surface area contributed by atoms with Crippen molar-refractivity contribution in [3.8, 4) is 22.3 Å². The molecule has 0 amide bonds. The van der Waals surface area contributed by atoms with Crippen molar-refractivity contribution in [1.82, 2.24) is 4.57 Å². The van der Waals surface area contributed by atoms with Crippen molar-refractivity contribution in [3.05, 3.63) is 199 Å². The Morgan fingerprint density at radius 3 is 1.79 bits per heavy atom. The first-order valence-electron chi connectivity index (χ1n) is 20.2. The Hall–Kier alpha value is -6.75. The van der Waals surface area contributed by atoms with Crippen molar-refractivity contribution in [3.63, 3.8) is 0 Å². The average Bonchev–Trinajstić information content (AvgIpc) is 3.89. The number of guanidine groups is 1. The van der Waals surface area contributed by atoms with E-state index in [1.165, 1.54) is 60.9 Å². The molecular formula is C53H45N4+. The number of para-hydroxylation sites is 1. The van der Waals surface area contributed by atoms with Gasteiger partial charge in [0.2, 0.25) is 0 Å². The van der Waals surface area contributed by atoms with Crippen LogP contribution < -0.4 is 10.2 Å². The smallest absolute Gasteiger partial charge is 0.310 e. The van der Waals surface area contributed by atoms with E-state index in [-0.39, 0.29) is 0 Å². The molecular weight excluding hydrogens is 693 g/mol. The van der Waals surface area contributed by atoms with Crippen LogP contribution in [0.4, 0.5) is 11.4 Å². The number of nitrogens with zero attached hydrogens (tertiary/aromatic N) is 3. The summed E-state index contributed by atoms with van der Waals surface area (Å²) >= 11 is 0. The van der Waals surface area contributed by atoms with Crippen molar-refractivity contribution >= 4 is 56.1 Å². The third kappa shape index (κ3) is 6.68. The number of allylic oxidation sites excluding steroid dienone is 8. The van der Waals surface area contributed by atoms with E-state index >= 15 is 0 Å². The summed E-state index contributed by atoms with van der Waals surface area (Å²) in [7, 11) is 0. The molecule has 0 radical (unpaired) electrons. The number of hydrogen-bond acceptors (Lipinski definition) is 2. The third-order valence-electron chi connectivity index (χ3n) is 11.6. The van der Waals surface area contributed by atoms with Crippen molar-refractivity contribution in [2.24, 2.45) is 16.8 Å². The predicted molar refractivity (Wildman–Crippen MR) is 241 cm³/mol. The first-order valence-corrected chi connectivity index (χ1v) is 20.2. The van der Waals surface area contributed by atoms with Crippen molar-refractivity contribution in [1.29, 1.82) is 0 Å². The fourth-order valence-electron chi connectivity index (χ4n) is 8.39. The monoisotopic (exact) mass is 737 g/mol. The highest BCUT2D eigenvalue weighted by Gasteiger charge is 2.26. The fraction of sp³-hybridized carbons (Fsp3) is 0.113. The van der Waals surface area contributed by atoms with E-state index in [1.54, 1.807) is 0 Å². The first kappa shape index (κ1) is 34.7. The number of rotatable bonds is 7. The second-order valence-electron chi connectivity index (χ2n) is 15.6. The molecule has 4 nitrogen and oxygen atoms in total. The minimum atomic E-state index is 0.571. The van der Waals surface area contributed by atoms with Gasteiger partial charge >= 0.3 is 5.96 Å². The van der Waals surface area contributed by atoms with E-state index in [0.717, 1.165) is 41.4 Å². The van der Waals surface area contributed by atoms with E-state index in [1.807, 2.05) is 6.20 Å². The lowest BCUT2D eigenvalue weighted by molar-refractivity contribution is -0.431. The maximum absolute atomic E-state index is 4.98. The molecule has 57 heavy (non-hydrogen) atoms. The summed E-state index contributed by atoms with van der Waals surface area (Å²) in [5.41, 5.74) is 15.4. The van der Waals surface area contributed by atoms with Gasteiger partial charge in [-0.3, -0.25) is 0 Å². The lowest BCUT2D eigenvalue weighted by Crippen LogP contribution is -2.87. The molecule has 2 heterocycles. The Morgan fingerprint density at radius 2 is 1.12 bits per heavy atom. The topological polar surface area (TPSA) is 37.1 Å². The Bertz CT molecular complexity index is 2810. The molecule has 0 saturated carbocycles. The van der Waals surface area contributed by atoms with Gasteiger partial charge in [0.25, 0.3) is 0 Å². The number of quaternary nitrogens is 1. The van der Waals surface area contributed by atoms with Crippen LogP contribution in [0.3, 0.4) is 0 Å². The minimum Gasteiger partial charge on any atom is -0.310 e. The molecule has 2 unspecified atom stereocenters. The van der Waals surface area contributed by atoms with E-state index in [4.69, 9.17) is 4.99 Å². The highest BCUT2D eigenvalue weighted by Crippen LogP contribution is 2.37. The molecule has 0 fully saturated rings. The number of aromatic nitrogens is 1. The zero-order valence-electron chi connectivity index (χ0n) is 32.4. The van der Waals surface area contributed by atoms with Gasteiger partial charge in [0.1, 0.15) is 0 Å². The van der Waals surface area contributed by atoms with Gasteiger partial charge in [0, 0.05) is 22.0 Å². The molecule has 7 aromatic rings. The molecule has 2 N–H and O–H groups in total. The molecule has 0 saturated heterocycles. The van der Waals surface area contributed by atoms with Crippen LogP contribution in [-0.2, 0) is 0 Å². The summed E-state index contributed by atoms with van der Waals surface area (Å²) in [5.74, 6) is 2.07. The van der Waals surface area contributed by atoms with Crippen LogP contribution in [0.25, 0.3) is 61.0 Å². The molecule has 0 bridgehead atoms. The van der Waals surface area contributed by atoms with E-state index in [0.29, 0.717) is 11.8 Å². The number of nitrogens with two attached hydrogens (primary N) is 1. The van der Waals surface area contributed by atoms with Crippen LogP contribution in [-0.4, -0.2) is 10.5 Å². The van der Waals surface area contributed by atoms with Crippen molar-refractivity contribution in [2.45, 2.75) is 26.7 Å². The second-order valence-corrected chi connectivity index (χ2v) is 15.6. The fourth-order valence-corrected chi connectivity index (χ4v) is 8.39. The molecule has 4 heteroatoms. The van der Waals surface area contributed by atoms with Crippen LogP contribution in [0.2, 0.25) is 0 Å². The summed E-state index contributed by atoms with van der Waals surface area (Å²) in [6, 6.07) is 52.9. The second kappa shape index (κ2) is 14.7. The number of hydrogen-bond donors (Lipinski definition) is 1. The Labute approximate surface area is 334 Å². The maximum Gasteiger partial charge on any atom is 0.316 e. The SMILES string of the molecule is CC1C=CC(c2ccc(-c3ccc(N(C4=NC=C(c5ccccc5)[NH2+]4)c4ccc(-c5ccc6c(c5)c5ccccc5n6C5=CCC(C)C=C5)cc4)cc3)cc2)=CC1. The average molecular weight is 738 g/mol. The molecule has 2 aliphatic carbocycles. The van der Waals surface area contributed by atoms with Gasteiger partial charge in [-0.05, 0) is 119 Å². The normalized spacial score (nSPS) is 17.7. The summed E-state index contributed by atoms with van der Waals surface area (Å²) in [6.45, 7) is 4.54. The number of anilines is 2. The molecule has 10 rings (SSSR count). The summed E-state index contributed by atoms with van der Waals surface area (Å²) in [6.07, 6.45) is 18.0. The zero-order chi connectivity index (χ0) is 38.3. The maximum atomic E-state index is 4.98. The summed E-state index contributed by atoms with van der Waals surface area (Å²) < 4.78 is 2.42. The number of benzene rings is 6. The highest BCUT2D eigenvalue weighted by molar-refractivity contribution is 6.11. The zero-order valence-corrected chi connectivity index (χ0v) is 32.4. The van der Waals surface area contributed by atoms with Gasteiger partial charge in [-0.25, -0.2) is 10.2 Å². The number of fused-ring (bicyclic) bond motifs is 3. The van der Waals surface area contributed by atoms with Crippen LogP contribution in [0.1, 0.15) is 37.8 Å². The highest BCUT2D eigenvalue weighted by atomic mass is 15.3. The molecule has 1 aliphatic heterocycles. The van der Waals surface area contributed by atoms with Crippen LogP contribution in [0, 0.1) is 11.8 Å². The van der Waals surface area contributed by atoms with Gasteiger partial charge in [0.05, 0.1) is 28.6 Å². The lowest BCUT2D eigenvalue weighted by Gasteiger charge is -2.23. The Kier molecular flexibility index (Phi) is 8.97. The van der Waals surface area contributed by atoms with Gasteiger partial charge in [-0.1, -0.05) is 135 Å². The van der Waals surface area contributed by atoms with Crippen molar-refractivity contribution < 1.29 is 5.32 Å². The van der Waals surface area contributed by atoms with E-state index < -0.39 is 0 Å². The Balaban J connectivity index is 0.968. The van der Waals surface area contributed by atoms with Crippen molar-refractivity contribution in [2.75, 3.05) is 4.90 Å². The minimum absolute atomic E-state index is 0.571. The standard InChI is InChI=1S/C53H44N4/c1-36-12-16-38(17-13-36)39-18-20-40(21-19-39)41-22-29-45(30-23-41)56(53-54-35-50(55-53)43-8-4-3-5-9-43)46-31-24-42(25-32-46)44-26-33-52-49(34-44)48-10-6-7-11-51(48)57(52)47-27-14-37(2)15-28-47/h3-12,14,16-37H,13,15H2,1-2H3,(H,54,55)/p+1. The molecule has 3 aliphatic rings. The number of aliphatic imine (C=N–C) groups is 1.